The Morgan fingerprint density at radius 2 is 2.07 bits per heavy atom. The molecular weight excluding hydrogens is 180 g/mol. The van der Waals surface area contributed by atoms with Crippen molar-refractivity contribution in [1.82, 2.24) is 0 Å². The normalized spacial score (nSPS) is 15.6. The molecule has 4 nitrogen and oxygen atoms in total. The van der Waals surface area contributed by atoms with Crippen molar-refractivity contribution in [2.45, 2.75) is 46.6 Å². The van der Waals surface area contributed by atoms with Gasteiger partial charge in [-0.2, -0.15) is 0 Å². The highest BCUT2D eigenvalue weighted by molar-refractivity contribution is 5.84. The van der Waals surface area contributed by atoms with Crippen molar-refractivity contribution in [3.05, 3.63) is 0 Å². The lowest BCUT2D eigenvalue weighted by atomic mass is 9.93. The molecule has 0 saturated carbocycles. The van der Waals surface area contributed by atoms with E-state index in [4.69, 9.17) is 15.7 Å². The fourth-order valence-electron chi connectivity index (χ4n) is 0.984. The van der Waals surface area contributed by atoms with E-state index in [1.165, 1.54) is 0 Å². The second kappa shape index (κ2) is 5.86. The van der Waals surface area contributed by atoms with Crippen molar-refractivity contribution in [3.63, 3.8) is 0 Å². The number of hydrogen-bond donors (Lipinski definition) is 2. The summed E-state index contributed by atoms with van der Waals surface area (Å²) in [6.45, 7) is 9.04. The largest absolute Gasteiger partial charge is 0.409 e. The van der Waals surface area contributed by atoms with E-state index in [2.05, 4.69) is 25.9 Å². The summed E-state index contributed by atoms with van der Waals surface area (Å²) in [5.74, 6) is 0.154. The van der Waals surface area contributed by atoms with Crippen LogP contribution in [0.2, 0.25) is 0 Å². The van der Waals surface area contributed by atoms with Crippen molar-refractivity contribution in [2.75, 3.05) is 6.61 Å². The van der Waals surface area contributed by atoms with Gasteiger partial charge in [-0.15, -0.1) is 0 Å². The van der Waals surface area contributed by atoms with Crippen molar-refractivity contribution in [3.8, 4) is 0 Å². The number of nitrogens with zero attached hydrogens (tertiary/aromatic N) is 1. The molecule has 0 aromatic heterocycles. The first-order valence-electron chi connectivity index (χ1n) is 4.99. The fourth-order valence-corrected chi connectivity index (χ4v) is 0.984. The van der Waals surface area contributed by atoms with E-state index in [9.17, 15) is 0 Å². The summed E-state index contributed by atoms with van der Waals surface area (Å²) >= 11 is 0. The van der Waals surface area contributed by atoms with E-state index in [-0.39, 0.29) is 17.4 Å². The Bertz CT molecular complexity index is 185. The predicted molar refractivity (Wildman–Crippen MR) is 57.5 cm³/mol. The van der Waals surface area contributed by atoms with Gasteiger partial charge in [0.15, 0.2) is 5.84 Å². The standard InChI is InChI=1S/C10H22N2O2/c1-5-8(9(11)12-13)14-7-6-10(2,3)4/h8,13H,5-7H2,1-4H3,(H2,11,12). The third-order valence-electron chi connectivity index (χ3n) is 1.99. The maximum absolute atomic E-state index is 8.48. The minimum atomic E-state index is -0.262. The van der Waals surface area contributed by atoms with Gasteiger partial charge in [0, 0.05) is 6.61 Å². The second-order valence-electron chi connectivity index (χ2n) is 4.60. The SMILES string of the molecule is CCC(OCCC(C)(C)C)C(N)=NO. The van der Waals surface area contributed by atoms with Crippen molar-refractivity contribution in [1.29, 1.82) is 0 Å². The molecule has 0 aliphatic carbocycles. The minimum Gasteiger partial charge on any atom is -0.409 e. The minimum absolute atomic E-state index is 0.154. The molecule has 0 saturated heterocycles. The van der Waals surface area contributed by atoms with Crippen LogP contribution in [-0.2, 0) is 4.74 Å². The molecule has 0 bridgehead atoms. The van der Waals surface area contributed by atoms with Crippen LogP contribution < -0.4 is 5.73 Å². The van der Waals surface area contributed by atoms with E-state index < -0.39 is 0 Å². The summed E-state index contributed by atoms with van der Waals surface area (Å²) in [4.78, 5) is 0. The summed E-state index contributed by atoms with van der Waals surface area (Å²) in [5, 5.41) is 11.4. The Kier molecular flexibility index (Phi) is 5.53. The van der Waals surface area contributed by atoms with Crippen LogP contribution in [0.15, 0.2) is 5.16 Å². The average molecular weight is 202 g/mol. The number of nitrogens with two attached hydrogens (primary N) is 1. The highest BCUT2D eigenvalue weighted by Gasteiger charge is 2.15. The second-order valence-corrected chi connectivity index (χ2v) is 4.60. The van der Waals surface area contributed by atoms with Crippen LogP contribution in [-0.4, -0.2) is 23.8 Å². The summed E-state index contributed by atoms with van der Waals surface area (Å²) in [7, 11) is 0. The van der Waals surface area contributed by atoms with Gasteiger partial charge in [-0.25, -0.2) is 0 Å². The first kappa shape index (κ1) is 13.2. The monoisotopic (exact) mass is 202 g/mol. The molecule has 0 radical (unpaired) electrons. The van der Waals surface area contributed by atoms with Gasteiger partial charge in [0.1, 0.15) is 6.10 Å². The Balaban J connectivity index is 3.86. The molecule has 0 fully saturated rings. The van der Waals surface area contributed by atoms with Gasteiger partial charge in [0.05, 0.1) is 0 Å². The van der Waals surface area contributed by atoms with Gasteiger partial charge in [-0.1, -0.05) is 32.9 Å². The van der Waals surface area contributed by atoms with Gasteiger partial charge < -0.3 is 15.7 Å². The molecule has 0 spiro atoms. The molecule has 0 heterocycles. The Hall–Kier alpha value is -0.770. The molecule has 4 heteroatoms. The van der Waals surface area contributed by atoms with Gasteiger partial charge in [0.25, 0.3) is 0 Å². The summed E-state index contributed by atoms with van der Waals surface area (Å²) in [5.41, 5.74) is 5.71. The van der Waals surface area contributed by atoms with E-state index >= 15 is 0 Å². The van der Waals surface area contributed by atoms with Gasteiger partial charge >= 0.3 is 0 Å². The predicted octanol–water partition coefficient (Wildman–Crippen LogP) is 1.96. The van der Waals surface area contributed by atoms with E-state index in [0.29, 0.717) is 6.61 Å². The Labute approximate surface area is 86.1 Å². The summed E-state index contributed by atoms with van der Waals surface area (Å²) in [6, 6.07) is 0. The van der Waals surface area contributed by atoms with Gasteiger partial charge in [0.2, 0.25) is 0 Å². The van der Waals surface area contributed by atoms with Gasteiger partial charge in [-0.05, 0) is 18.3 Å². The fraction of sp³-hybridized carbons (Fsp3) is 0.900. The van der Waals surface area contributed by atoms with Crippen LogP contribution >= 0.6 is 0 Å². The number of rotatable bonds is 5. The summed E-state index contributed by atoms with van der Waals surface area (Å²) < 4.78 is 5.50. The molecule has 0 aliphatic heterocycles. The first-order chi connectivity index (χ1) is 6.40. The maximum atomic E-state index is 8.48. The maximum Gasteiger partial charge on any atom is 0.168 e. The number of ether oxygens (including phenoxy) is 1. The molecule has 0 rings (SSSR count). The van der Waals surface area contributed by atoms with Crippen LogP contribution in [0.3, 0.4) is 0 Å². The highest BCUT2D eigenvalue weighted by Crippen LogP contribution is 2.18. The Morgan fingerprint density at radius 1 is 1.50 bits per heavy atom. The molecule has 1 atom stereocenters. The smallest absolute Gasteiger partial charge is 0.168 e. The zero-order chi connectivity index (χ0) is 11.2. The lowest BCUT2D eigenvalue weighted by molar-refractivity contribution is 0.0721. The molecule has 0 aromatic carbocycles. The van der Waals surface area contributed by atoms with E-state index in [0.717, 1.165) is 12.8 Å². The lowest BCUT2D eigenvalue weighted by Crippen LogP contribution is -2.31. The summed E-state index contributed by atoms with van der Waals surface area (Å²) in [6.07, 6.45) is 1.42. The number of oxime groups is 1. The zero-order valence-electron chi connectivity index (χ0n) is 9.58. The van der Waals surface area contributed by atoms with Crippen LogP contribution in [0, 0.1) is 5.41 Å². The van der Waals surface area contributed by atoms with Crippen molar-refractivity contribution in [2.24, 2.45) is 16.3 Å². The molecule has 14 heavy (non-hydrogen) atoms. The van der Waals surface area contributed by atoms with Crippen molar-refractivity contribution >= 4 is 5.84 Å². The van der Waals surface area contributed by atoms with Crippen LogP contribution in [0.1, 0.15) is 40.5 Å². The molecule has 0 amide bonds. The Morgan fingerprint density at radius 3 is 2.43 bits per heavy atom. The van der Waals surface area contributed by atoms with Crippen LogP contribution in [0.4, 0.5) is 0 Å². The highest BCUT2D eigenvalue weighted by atomic mass is 16.5. The topological polar surface area (TPSA) is 67.8 Å². The molecular formula is C10H22N2O2. The third-order valence-corrected chi connectivity index (χ3v) is 1.99. The number of hydrogen-bond acceptors (Lipinski definition) is 3. The van der Waals surface area contributed by atoms with Crippen LogP contribution in [0.25, 0.3) is 0 Å². The lowest BCUT2D eigenvalue weighted by Gasteiger charge is -2.20. The molecule has 1 unspecified atom stereocenters. The molecule has 84 valence electrons. The molecule has 3 N–H and O–H groups in total. The van der Waals surface area contributed by atoms with E-state index in [1.807, 2.05) is 6.92 Å². The average Bonchev–Trinajstić information content (AvgIpc) is 2.09. The van der Waals surface area contributed by atoms with Crippen LogP contribution in [0.5, 0.6) is 0 Å². The number of amidine groups is 1. The van der Waals surface area contributed by atoms with Gasteiger partial charge in [-0.3, -0.25) is 0 Å². The molecule has 0 aromatic rings. The van der Waals surface area contributed by atoms with E-state index in [1.54, 1.807) is 0 Å². The first-order valence-corrected chi connectivity index (χ1v) is 4.99. The van der Waals surface area contributed by atoms with Crippen molar-refractivity contribution < 1.29 is 9.94 Å². The third kappa shape index (κ3) is 5.80. The molecule has 0 aliphatic rings. The zero-order valence-corrected chi connectivity index (χ0v) is 9.58. The quantitative estimate of drug-likeness (QED) is 0.310.